The molecule has 0 aliphatic rings. The van der Waals surface area contributed by atoms with Gasteiger partial charge in [-0.1, -0.05) is 50.6 Å². The fraction of sp³-hybridized carbons (Fsp3) is 0.351. The third-order valence-electron chi connectivity index (χ3n) is 7.19. The first kappa shape index (κ1) is 33.9. The Balaban J connectivity index is 1.36. The van der Waals surface area contributed by atoms with Crippen LogP contribution >= 0.6 is 0 Å². The first-order valence-electron chi connectivity index (χ1n) is 15.8. The largest absolute Gasteiger partial charge is 0.493 e. The summed E-state index contributed by atoms with van der Waals surface area (Å²) in [4.78, 5) is 17.9. The lowest BCUT2D eigenvalue weighted by Crippen LogP contribution is -2.07. The summed E-state index contributed by atoms with van der Waals surface area (Å²) >= 11 is 0. The molecule has 0 saturated heterocycles. The number of benzene rings is 3. The van der Waals surface area contributed by atoms with Crippen molar-refractivity contribution in [3.63, 3.8) is 0 Å². The molecule has 0 bridgehead atoms. The van der Waals surface area contributed by atoms with Crippen molar-refractivity contribution in [2.24, 2.45) is 0 Å². The number of hydrogen-bond acceptors (Lipinski definition) is 6. The molecule has 1 aromatic heterocycles. The summed E-state index contributed by atoms with van der Waals surface area (Å²) in [5.41, 5.74) is 4.72. The van der Waals surface area contributed by atoms with Crippen LogP contribution in [-0.2, 0) is 39.0 Å². The van der Waals surface area contributed by atoms with Crippen molar-refractivity contribution in [2.75, 3.05) is 26.4 Å². The number of nitrogens with zero attached hydrogens (tertiary/aromatic N) is 2. The number of ketones is 1. The molecule has 0 saturated carbocycles. The molecule has 4 rings (SSSR count). The van der Waals surface area contributed by atoms with E-state index in [1.54, 1.807) is 18.6 Å². The van der Waals surface area contributed by atoms with Gasteiger partial charge >= 0.3 is 0 Å². The number of carbonyl (C=O) groups excluding carboxylic acids is 1. The van der Waals surface area contributed by atoms with E-state index in [9.17, 15) is 9.00 Å². The topological polar surface area (TPSA) is 79.7 Å². The van der Waals surface area contributed by atoms with Crippen LogP contribution in [0.3, 0.4) is 0 Å². The molecule has 7 nitrogen and oxygen atoms in total. The Kier molecular flexibility index (Phi) is 13.6. The molecule has 0 aliphatic carbocycles. The Morgan fingerprint density at radius 2 is 1.67 bits per heavy atom. The summed E-state index contributed by atoms with van der Waals surface area (Å²) in [5, 5.41) is 0. The lowest BCUT2D eigenvalue weighted by Gasteiger charge is -2.11. The van der Waals surface area contributed by atoms with E-state index in [1.165, 1.54) is 0 Å². The van der Waals surface area contributed by atoms with Gasteiger partial charge in [-0.25, -0.2) is 4.98 Å². The van der Waals surface area contributed by atoms with Gasteiger partial charge in [-0.15, -0.1) is 0 Å². The molecule has 0 amide bonds. The minimum Gasteiger partial charge on any atom is -0.493 e. The second-order valence-corrected chi connectivity index (χ2v) is 12.2. The summed E-state index contributed by atoms with van der Waals surface area (Å²) < 4.78 is 32.2. The van der Waals surface area contributed by atoms with Gasteiger partial charge in [-0.05, 0) is 85.0 Å². The smallest absolute Gasteiger partial charge is 0.160 e. The van der Waals surface area contributed by atoms with Crippen LogP contribution in [0.25, 0.3) is 17.2 Å². The second kappa shape index (κ2) is 18.1. The molecule has 0 fully saturated rings. The van der Waals surface area contributed by atoms with Gasteiger partial charge in [0.1, 0.15) is 18.1 Å². The molecule has 3 aromatic carbocycles. The Bertz CT molecular complexity index is 1540. The molecule has 0 spiro atoms. The van der Waals surface area contributed by atoms with E-state index in [0.29, 0.717) is 25.6 Å². The highest BCUT2D eigenvalue weighted by Gasteiger charge is 2.11. The van der Waals surface area contributed by atoms with Gasteiger partial charge in [-0.3, -0.25) is 9.00 Å². The predicted octanol–water partition coefficient (Wildman–Crippen LogP) is 7.69. The quantitative estimate of drug-likeness (QED) is 0.0783. The first-order valence-corrected chi connectivity index (χ1v) is 17.1. The van der Waals surface area contributed by atoms with E-state index < -0.39 is 10.8 Å². The fourth-order valence-corrected chi connectivity index (χ4v) is 5.90. The van der Waals surface area contributed by atoms with Crippen molar-refractivity contribution in [3.8, 4) is 22.6 Å². The van der Waals surface area contributed by atoms with Crippen LogP contribution in [0.2, 0.25) is 0 Å². The molecular formula is C37H44N2O5S. The monoisotopic (exact) mass is 628 g/mol. The molecule has 4 aromatic rings. The van der Waals surface area contributed by atoms with Gasteiger partial charge in [0, 0.05) is 36.2 Å². The summed E-state index contributed by atoms with van der Waals surface area (Å²) in [6.45, 7) is 9.44. The molecule has 0 unspecified atom stereocenters. The van der Waals surface area contributed by atoms with Crippen molar-refractivity contribution < 1.29 is 23.2 Å². The van der Waals surface area contributed by atoms with E-state index in [4.69, 9.17) is 14.2 Å². The zero-order valence-corrected chi connectivity index (χ0v) is 27.4. The molecule has 45 heavy (non-hydrogen) atoms. The zero-order valence-electron chi connectivity index (χ0n) is 26.6. The molecule has 1 atom stereocenters. The van der Waals surface area contributed by atoms with Crippen molar-refractivity contribution >= 4 is 22.7 Å². The molecule has 1 heterocycles. The van der Waals surface area contributed by atoms with Gasteiger partial charge in [0.25, 0.3) is 0 Å². The van der Waals surface area contributed by atoms with Crippen LogP contribution in [0.4, 0.5) is 0 Å². The lowest BCUT2D eigenvalue weighted by atomic mass is 10.0. The van der Waals surface area contributed by atoms with Crippen molar-refractivity contribution in [2.45, 2.75) is 63.6 Å². The Hall–Kier alpha value is -4.01. The maximum absolute atomic E-state index is 12.9. The molecule has 0 radical (unpaired) electrons. The van der Waals surface area contributed by atoms with Gasteiger partial charge < -0.3 is 18.8 Å². The fourth-order valence-electron chi connectivity index (χ4n) is 4.79. The van der Waals surface area contributed by atoms with E-state index in [2.05, 4.69) is 18.8 Å². The van der Waals surface area contributed by atoms with Crippen molar-refractivity contribution in [1.29, 1.82) is 0 Å². The van der Waals surface area contributed by atoms with E-state index in [0.717, 1.165) is 76.8 Å². The number of ether oxygens (including phenoxy) is 3. The van der Waals surface area contributed by atoms with Crippen LogP contribution in [0.1, 0.15) is 56.9 Å². The minimum atomic E-state index is -1.19. The Morgan fingerprint density at radius 1 is 0.889 bits per heavy atom. The summed E-state index contributed by atoms with van der Waals surface area (Å²) in [6.07, 6.45) is 10.4. The number of rotatable bonds is 19. The molecular weight excluding hydrogens is 584 g/mol. The number of aromatic nitrogens is 2. The van der Waals surface area contributed by atoms with Gasteiger partial charge in [0.2, 0.25) is 0 Å². The summed E-state index contributed by atoms with van der Waals surface area (Å²) in [6, 6.07) is 21.4. The van der Waals surface area contributed by atoms with Crippen LogP contribution in [0.15, 0.2) is 90.2 Å². The molecule has 8 heteroatoms. The van der Waals surface area contributed by atoms with Gasteiger partial charge in [0.05, 0.1) is 41.8 Å². The number of unbranched alkanes of at least 4 members (excludes halogenated alkanes) is 1. The Labute approximate surface area is 269 Å². The maximum atomic E-state index is 12.9. The minimum absolute atomic E-state index is 0.0274. The molecule has 238 valence electrons. The van der Waals surface area contributed by atoms with E-state index in [1.807, 2.05) is 84.3 Å². The van der Waals surface area contributed by atoms with E-state index in [-0.39, 0.29) is 12.2 Å². The maximum Gasteiger partial charge on any atom is 0.160 e. The standard InChI is InChI=1S/C37H44N2O5S/c1-4-7-21-42-22-23-44-35-15-11-30(12-16-35)31-13-19-37(43-6-3)32(25-31)10-14-34(40)24-29-8-17-36(18-9-29)45(41)27-33-26-38-28-39(33)20-5-2/h8-19,25-26,28H,4-7,20-24,27H2,1-3H3/b14-10+/t45-/m1/s1. The van der Waals surface area contributed by atoms with Gasteiger partial charge in [0.15, 0.2) is 5.78 Å². The third kappa shape index (κ3) is 10.5. The van der Waals surface area contributed by atoms with Gasteiger partial charge in [-0.2, -0.15) is 0 Å². The van der Waals surface area contributed by atoms with E-state index >= 15 is 0 Å². The number of aryl methyl sites for hydroxylation is 1. The second-order valence-electron chi connectivity index (χ2n) is 10.7. The highest BCUT2D eigenvalue weighted by molar-refractivity contribution is 7.84. The molecule has 0 aliphatic heterocycles. The summed E-state index contributed by atoms with van der Waals surface area (Å²) in [5.74, 6) is 1.91. The normalized spacial score (nSPS) is 12.0. The Morgan fingerprint density at radius 3 is 2.40 bits per heavy atom. The van der Waals surface area contributed by atoms with Crippen LogP contribution in [0, 0.1) is 0 Å². The number of carbonyl (C=O) groups is 1. The van der Waals surface area contributed by atoms with Crippen LogP contribution in [-0.4, -0.2) is 46.0 Å². The van der Waals surface area contributed by atoms with Crippen LogP contribution < -0.4 is 9.47 Å². The molecule has 0 N–H and O–H groups in total. The van der Waals surface area contributed by atoms with Crippen LogP contribution in [0.5, 0.6) is 11.5 Å². The SMILES string of the molecule is CCCCOCCOc1ccc(-c2ccc(OCC)c(/C=C/C(=O)Cc3ccc([S@](=O)Cc4cncn4CCC)cc3)c2)cc1. The number of allylic oxidation sites excluding steroid dienone is 1. The first-order chi connectivity index (χ1) is 22.0. The average molecular weight is 629 g/mol. The third-order valence-corrected chi connectivity index (χ3v) is 8.55. The number of hydrogen-bond donors (Lipinski definition) is 0. The van der Waals surface area contributed by atoms with Crippen molar-refractivity contribution in [3.05, 3.63) is 102 Å². The number of imidazole rings is 1. The predicted molar refractivity (Wildman–Crippen MR) is 181 cm³/mol. The zero-order chi connectivity index (χ0) is 31.9. The highest BCUT2D eigenvalue weighted by atomic mass is 32.2. The summed E-state index contributed by atoms with van der Waals surface area (Å²) in [7, 11) is -1.19. The van der Waals surface area contributed by atoms with Crippen molar-refractivity contribution in [1.82, 2.24) is 9.55 Å². The average Bonchev–Trinajstić information content (AvgIpc) is 3.49. The highest BCUT2D eigenvalue weighted by Crippen LogP contribution is 2.29. The lowest BCUT2D eigenvalue weighted by molar-refractivity contribution is -0.113.